The molecule has 0 saturated heterocycles. The van der Waals surface area contributed by atoms with Gasteiger partial charge in [-0.1, -0.05) is 6.07 Å². The van der Waals surface area contributed by atoms with E-state index in [4.69, 9.17) is 5.73 Å². The highest BCUT2D eigenvalue weighted by molar-refractivity contribution is 5.71. The lowest BCUT2D eigenvalue weighted by molar-refractivity contribution is 1.10. The number of nitrogens with two attached hydrogens (primary N) is 1. The lowest BCUT2D eigenvalue weighted by Crippen LogP contribution is -2.10. The van der Waals surface area contributed by atoms with Crippen molar-refractivity contribution in [3.63, 3.8) is 0 Å². The summed E-state index contributed by atoms with van der Waals surface area (Å²) in [5.74, 6) is 0.585. The number of hydrogen-bond donors (Lipinski definition) is 2. The van der Waals surface area contributed by atoms with Gasteiger partial charge in [0.2, 0.25) is 0 Å². The smallest absolute Gasteiger partial charge is 0.143 e. The number of anilines is 3. The number of hydrogen-bond acceptors (Lipinski definition) is 3. The summed E-state index contributed by atoms with van der Waals surface area (Å²) in [4.78, 5) is 2.03. The molecule has 2 rings (SSSR count). The SMILES string of the molecule is Cc1cc(C)cc(N(C)c2cn[nH]c2N)c1. The van der Waals surface area contributed by atoms with Crippen LogP contribution in [0.1, 0.15) is 11.1 Å². The lowest BCUT2D eigenvalue weighted by Gasteiger charge is -2.19. The van der Waals surface area contributed by atoms with E-state index >= 15 is 0 Å². The van der Waals surface area contributed by atoms with Crippen molar-refractivity contribution >= 4 is 17.2 Å². The second-order valence-electron chi connectivity index (χ2n) is 4.07. The minimum absolute atomic E-state index is 0.585. The number of nitrogen functional groups attached to an aromatic ring is 1. The minimum atomic E-state index is 0.585. The number of rotatable bonds is 2. The van der Waals surface area contributed by atoms with Gasteiger partial charge in [-0.15, -0.1) is 0 Å². The van der Waals surface area contributed by atoms with E-state index < -0.39 is 0 Å². The first kappa shape index (κ1) is 10.5. The minimum Gasteiger partial charge on any atom is -0.382 e. The Morgan fingerprint density at radius 3 is 2.31 bits per heavy atom. The molecule has 0 aliphatic rings. The van der Waals surface area contributed by atoms with Crippen LogP contribution in [0.25, 0.3) is 0 Å². The lowest BCUT2D eigenvalue weighted by atomic mass is 10.1. The first-order valence-corrected chi connectivity index (χ1v) is 5.19. The zero-order valence-corrected chi connectivity index (χ0v) is 9.78. The van der Waals surface area contributed by atoms with Gasteiger partial charge in [-0.25, -0.2) is 0 Å². The second kappa shape index (κ2) is 3.89. The Morgan fingerprint density at radius 2 is 1.81 bits per heavy atom. The summed E-state index contributed by atoms with van der Waals surface area (Å²) < 4.78 is 0. The van der Waals surface area contributed by atoms with Gasteiger partial charge >= 0.3 is 0 Å². The zero-order chi connectivity index (χ0) is 11.7. The van der Waals surface area contributed by atoms with Gasteiger partial charge in [-0.2, -0.15) is 5.10 Å². The summed E-state index contributed by atoms with van der Waals surface area (Å²) >= 11 is 0. The van der Waals surface area contributed by atoms with Crippen molar-refractivity contribution in [3.8, 4) is 0 Å². The number of nitrogens with one attached hydrogen (secondary N) is 1. The predicted octanol–water partition coefficient (Wildman–Crippen LogP) is 2.38. The van der Waals surface area contributed by atoms with E-state index in [0.29, 0.717) is 5.82 Å². The van der Waals surface area contributed by atoms with Crippen molar-refractivity contribution in [1.29, 1.82) is 0 Å². The molecule has 16 heavy (non-hydrogen) atoms. The third-order valence-corrected chi connectivity index (χ3v) is 2.60. The third-order valence-electron chi connectivity index (χ3n) is 2.60. The Morgan fingerprint density at radius 1 is 1.19 bits per heavy atom. The molecule has 0 atom stereocenters. The molecular weight excluding hydrogens is 200 g/mol. The van der Waals surface area contributed by atoms with E-state index in [0.717, 1.165) is 11.4 Å². The summed E-state index contributed by atoms with van der Waals surface area (Å²) in [5, 5.41) is 6.66. The van der Waals surface area contributed by atoms with E-state index in [1.807, 2.05) is 11.9 Å². The number of H-pyrrole nitrogens is 1. The molecule has 0 amide bonds. The first-order valence-electron chi connectivity index (χ1n) is 5.19. The molecule has 0 saturated carbocycles. The molecule has 0 aliphatic heterocycles. The average molecular weight is 216 g/mol. The molecule has 1 aromatic heterocycles. The van der Waals surface area contributed by atoms with Gasteiger partial charge in [-0.3, -0.25) is 5.10 Å². The van der Waals surface area contributed by atoms with Gasteiger partial charge in [0.15, 0.2) is 0 Å². The van der Waals surface area contributed by atoms with Crippen LogP contribution in [0, 0.1) is 13.8 Å². The normalized spacial score (nSPS) is 10.4. The van der Waals surface area contributed by atoms with Crippen LogP contribution in [0.2, 0.25) is 0 Å². The van der Waals surface area contributed by atoms with Crippen LogP contribution in [-0.2, 0) is 0 Å². The van der Waals surface area contributed by atoms with Crippen molar-refractivity contribution in [3.05, 3.63) is 35.5 Å². The standard InChI is InChI=1S/C12H16N4/c1-8-4-9(2)6-10(5-8)16(3)11-7-14-15-12(11)13/h4-7H,1-3H3,(H3,13,14,15). The van der Waals surface area contributed by atoms with Gasteiger partial charge in [0.1, 0.15) is 11.5 Å². The summed E-state index contributed by atoms with van der Waals surface area (Å²) in [6.45, 7) is 4.17. The Labute approximate surface area is 95.1 Å². The highest BCUT2D eigenvalue weighted by Gasteiger charge is 2.09. The number of aromatic amines is 1. The molecule has 3 N–H and O–H groups in total. The molecule has 0 unspecified atom stereocenters. The average Bonchev–Trinajstić information content (AvgIpc) is 2.62. The van der Waals surface area contributed by atoms with Crippen molar-refractivity contribution in [2.75, 3.05) is 17.7 Å². The zero-order valence-electron chi connectivity index (χ0n) is 9.78. The van der Waals surface area contributed by atoms with Gasteiger partial charge in [-0.05, 0) is 37.1 Å². The third kappa shape index (κ3) is 1.86. The molecule has 4 nitrogen and oxygen atoms in total. The van der Waals surface area contributed by atoms with Crippen LogP contribution in [-0.4, -0.2) is 17.2 Å². The summed E-state index contributed by atoms with van der Waals surface area (Å²) in [5.41, 5.74) is 10.3. The van der Waals surface area contributed by atoms with Crippen LogP contribution in [0.5, 0.6) is 0 Å². The van der Waals surface area contributed by atoms with E-state index in [-0.39, 0.29) is 0 Å². The van der Waals surface area contributed by atoms with Crippen LogP contribution in [0.4, 0.5) is 17.2 Å². The highest BCUT2D eigenvalue weighted by atomic mass is 15.2. The number of nitrogens with zero attached hydrogens (tertiary/aromatic N) is 2. The number of aromatic nitrogens is 2. The molecular formula is C12H16N4. The van der Waals surface area contributed by atoms with E-state index in [9.17, 15) is 0 Å². The Balaban J connectivity index is 2.41. The first-order chi connectivity index (χ1) is 7.58. The van der Waals surface area contributed by atoms with Gasteiger partial charge < -0.3 is 10.6 Å². The molecule has 0 spiro atoms. The van der Waals surface area contributed by atoms with Crippen molar-refractivity contribution < 1.29 is 0 Å². The second-order valence-corrected chi connectivity index (χ2v) is 4.07. The highest BCUT2D eigenvalue weighted by Crippen LogP contribution is 2.28. The van der Waals surface area contributed by atoms with Crippen LogP contribution in [0.3, 0.4) is 0 Å². The van der Waals surface area contributed by atoms with Crippen molar-refractivity contribution in [2.24, 2.45) is 0 Å². The maximum absolute atomic E-state index is 5.80. The molecule has 0 bridgehead atoms. The maximum Gasteiger partial charge on any atom is 0.143 e. The molecule has 0 fully saturated rings. The Hall–Kier alpha value is -1.97. The molecule has 0 aliphatic carbocycles. The van der Waals surface area contributed by atoms with Gasteiger partial charge in [0.25, 0.3) is 0 Å². The predicted molar refractivity (Wildman–Crippen MR) is 67.0 cm³/mol. The fourth-order valence-corrected chi connectivity index (χ4v) is 1.84. The van der Waals surface area contributed by atoms with Gasteiger partial charge in [0.05, 0.1) is 6.20 Å². The number of aryl methyl sites for hydroxylation is 2. The van der Waals surface area contributed by atoms with Gasteiger partial charge in [0, 0.05) is 12.7 Å². The van der Waals surface area contributed by atoms with E-state index in [1.54, 1.807) is 6.20 Å². The van der Waals surface area contributed by atoms with E-state index in [1.165, 1.54) is 11.1 Å². The molecule has 2 aromatic rings. The molecule has 4 heteroatoms. The Bertz CT molecular complexity index is 481. The van der Waals surface area contributed by atoms with Crippen molar-refractivity contribution in [1.82, 2.24) is 10.2 Å². The van der Waals surface area contributed by atoms with Crippen LogP contribution < -0.4 is 10.6 Å². The molecule has 0 radical (unpaired) electrons. The summed E-state index contributed by atoms with van der Waals surface area (Å²) in [7, 11) is 1.98. The number of benzene rings is 1. The quantitative estimate of drug-likeness (QED) is 0.810. The molecule has 1 aromatic carbocycles. The summed E-state index contributed by atoms with van der Waals surface area (Å²) in [6, 6.07) is 6.40. The molecule has 84 valence electrons. The van der Waals surface area contributed by atoms with Crippen LogP contribution in [0.15, 0.2) is 24.4 Å². The fraction of sp³-hybridized carbons (Fsp3) is 0.250. The monoisotopic (exact) mass is 216 g/mol. The molecule has 1 heterocycles. The fourth-order valence-electron chi connectivity index (χ4n) is 1.84. The maximum atomic E-state index is 5.80. The van der Waals surface area contributed by atoms with E-state index in [2.05, 4.69) is 42.2 Å². The van der Waals surface area contributed by atoms with Crippen molar-refractivity contribution in [2.45, 2.75) is 13.8 Å². The Kier molecular flexibility index (Phi) is 2.56. The topological polar surface area (TPSA) is 57.9 Å². The van der Waals surface area contributed by atoms with Crippen LogP contribution >= 0.6 is 0 Å². The largest absolute Gasteiger partial charge is 0.382 e. The summed E-state index contributed by atoms with van der Waals surface area (Å²) in [6.07, 6.45) is 1.73.